The van der Waals surface area contributed by atoms with Crippen LogP contribution < -0.4 is 9.04 Å². The fraction of sp³-hybridized carbons (Fsp3) is 0.240. The third-order valence-corrected chi connectivity index (χ3v) is 7.27. The van der Waals surface area contributed by atoms with Crippen LogP contribution >= 0.6 is 0 Å². The van der Waals surface area contributed by atoms with E-state index in [0.29, 0.717) is 11.4 Å². The van der Waals surface area contributed by atoms with Crippen LogP contribution in [0.3, 0.4) is 0 Å². The van der Waals surface area contributed by atoms with Crippen LogP contribution in [0.25, 0.3) is 0 Å². The molecule has 3 aromatic carbocycles. The predicted molar refractivity (Wildman–Crippen MR) is 123 cm³/mol. The maximum Gasteiger partial charge on any atom is 0.278 e. The van der Waals surface area contributed by atoms with Gasteiger partial charge in [0.1, 0.15) is 5.75 Å². The van der Waals surface area contributed by atoms with Crippen LogP contribution in [0.2, 0.25) is 0 Å². The minimum atomic E-state index is -4.12. The van der Waals surface area contributed by atoms with Crippen LogP contribution in [0.4, 0.5) is 5.69 Å². The number of amides is 1. The van der Waals surface area contributed by atoms with Crippen LogP contribution in [0.1, 0.15) is 27.8 Å². The van der Waals surface area contributed by atoms with Crippen LogP contribution in [0.5, 0.6) is 5.75 Å². The summed E-state index contributed by atoms with van der Waals surface area (Å²) < 4.78 is 33.7. The summed E-state index contributed by atoms with van der Waals surface area (Å²) in [6.45, 7) is 9.07. The van der Waals surface area contributed by atoms with Crippen molar-refractivity contribution in [1.82, 2.24) is 0 Å². The van der Waals surface area contributed by atoms with Gasteiger partial charge in [-0.3, -0.25) is 4.79 Å². The Morgan fingerprint density at radius 3 is 2.06 bits per heavy atom. The molecule has 0 bridgehead atoms. The van der Waals surface area contributed by atoms with E-state index in [2.05, 4.69) is 0 Å². The monoisotopic (exact) mass is 437 g/mol. The molecule has 0 saturated heterocycles. The van der Waals surface area contributed by atoms with Crippen molar-refractivity contribution in [2.45, 2.75) is 39.5 Å². The number of sulfonamides is 1. The van der Waals surface area contributed by atoms with Gasteiger partial charge < -0.3 is 4.74 Å². The van der Waals surface area contributed by atoms with Gasteiger partial charge in [0.05, 0.1) is 10.6 Å². The molecule has 0 spiro atoms. The molecule has 0 atom stereocenters. The molecule has 0 heterocycles. The normalized spacial score (nSPS) is 11.3. The second-order valence-corrected chi connectivity index (χ2v) is 9.42. The van der Waals surface area contributed by atoms with Gasteiger partial charge >= 0.3 is 0 Å². The minimum Gasteiger partial charge on any atom is -0.483 e. The van der Waals surface area contributed by atoms with Crippen LogP contribution in [0, 0.1) is 34.6 Å². The Morgan fingerprint density at radius 2 is 1.39 bits per heavy atom. The molecule has 0 unspecified atom stereocenters. The quantitative estimate of drug-likeness (QED) is 0.543. The first kappa shape index (κ1) is 22.6. The van der Waals surface area contributed by atoms with E-state index >= 15 is 0 Å². The van der Waals surface area contributed by atoms with Crippen molar-refractivity contribution in [1.29, 1.82) is 0 Å². The van der Waals surface area contributed by atoms with Gasteiger partial charge in [-0.25, -0.2) is 8.42 Å². The molecule has 0 aliphatic heterocycles. The molecule has 0 aliphatic rings. The summed E-state index contributed by atoms with van der Waals surface area (Å²) in [6.07, 6.45) is 0. The molecule has 0 aliphatic carbocycles. The molecule has 3 rings (SSSR count). The second kappa shape index (κ2) is 8.94. The summed E-state index contributed by atoms with van der Waals surface area (Å²) in [6, 6.07) is 17.1. The third kappa shape index (κ3) is 4.49. The Balaban J connectivity index is 2.04. The first-order valence-corrected chi connectivity index (χ1v) is 11.5. The largest absolute Gasteiger partial charge is 0.483 e. The van der Waals surface area contributed by atoms with E-state index in [1.54, 1.807) is 37.3 Å². The van der Waals surface area contributed by atoms with Crippen LogP contribution in [-0.2, 0) is 14.8 Å². The summed E-state index contributed by atoms with van der Waals surface area (Å²) in [5.41, 5.74) is 4.80. The topological polar surface area (TPSA) is 63.7 Å². The van der Waals surface area contributed by atoms with Gasteiger partial charge in [0.25, 0.3) is 15.9 Å². The fourth-order valence-electron chi connectivity index (χ4n) is 3.39. The van der Waals surface area contributed by atoms with Crippen molar-refractivity contribution < 1.29 is 17.9 Å². The first-order chi connectivity index (χ1) is 14.6. The zero-order valence-corrected chi connectivity index (χ0v) is 19.3. The molecule has 3 aromatic rings. The van der Waals surface area contributed by atoms with Crippen molar-refractivity contribution in [2.75, 3.05) is 10.9 Å². The minimum absolute atomic E-state index is 0.0483. The number of aryl methyl sites for hydroxylation is 3. The van der Waals surface area contributed by atoms with Crippen molar-refractivity contribution >= 4 is 21.6 Å². The lowest BCUT2D eigenvalue weighted by atomic mass is 10.1. The van der Waals surface area contributed by atoms with Gasteiger partial charge in [0.2, 0.25) is 0 Å². The molecule has 0 radical (unpaired) electrons. The first-order valence-electron chi connectivity index (χ1n) is 10.0. The number of rotatable bonds is 6. The standard InChI is InChI=1S/C25H27NO4S/c1-17-10-9-13-23(20(17)4)26(31(28,29)22-11-7-6-8-12-22)24(27)16-30-25-19(3)15-14-18(2)21(25)5/h6-15H,16H2,1-5H3. The van der Waals surface area contributed by atoms with Gasteiger partial charge in [-0.15, -0.1) is 0 Å². The molecular formula is C25H27NO4S. The predicted octanol–water partition coefficient (Wildman–Crippen LogP) is 5.03. The number of hydrogen-bond acceptors (Lipinski definition) is 4. The summed E-state index contributed by atoms with van der Waals surface area (Å²) in [7, 11) is -4.12. The molecule has 0 N–H and O–H groups in total. The lowest BCUT2D eigenvalue weighted by Gasteiger charge is -2.25. The van der Waals surface area contributed by atoms with Crippen LogP contribution in [0.15, 0.2) is 65.6 Å². The number of benzene rings is 3. The Bertz CT molecular complexity index is 1220. The number of hydrogen-bond donors (Lipinski definition) is 0. The number of ether oxygens (including phenoxy) is 1. The summed E-state index contributed by atoms with van der Waals surface area (Å²) in [4.78, 5) is 13.4. The van der Waals surface area contributed by atoms with Gasteiger partial charge in [-0.2, -0.15) is 4.31 Å². The SMILES string of the molecule is Cc1cccc(N(C(=O)COc2c(C)ccc(C)c2C)S(=O)(=O)c2ccccc2)c1C. The lowest BCUT2D eigenvalue weighted by molar-refractivity contribution is -0.119. The molecular weight excluding hydrogens is 410 g/mol. The lowest BCUT2D eigenvalue weighted by Crippen LogP contribution is -2.40. The maximum atomic E-state index is 13.5. The summed E-state index contributed by atoms with van der Waals surface area (Å²) >= 11 is 0. The van der Waals surface area contributed by atoms with Crippen molar-refractivity contribution in [3.8, 4) is 5.75 Å². The Kier molecular flexibility index (Phi) is 6.51. The van der Waals surface area contributed by atoms with Gasteiger partial charge in [-0.05, 0) is 80.6 Å². The zero-order valence-electron chi connectivity index (χ0n) is 18.5. The molecule has 6 heteroatoms. The van der Waals surface area contributed by atoms with E-state index in [9.17, 15) is 13.2 Å². The van der Waals surface area contributed by atoms with Gasteiger partial charge in [-0.1, -0.05) is 42.5 Å². The number of nitrogens with zero attached hydrogens (tertiary/aromatic N) is 1. The molecule has 31 heavy (non-hydrogen) atoms. The molecule has 0 aromatic heterocycles. The number of anilines is 1. The van der Waals surface area contributed by atoms with Gasteiger partial charge in [0, 0.05) is 0 Å². The number of carbonyl (C=O) groups excluding carboxylic acids is 1. The molecule has 162 valence electrons. The van der Waals surface area contributed by atoms with E-state index in [1.807, 2.05) is 45.9 Å². The zero-order chi connectivity index (χ0) is 22.8. The summed E-state index contributed by atoms with van der Waals surface area (Å²) in [5, 5.41) is 0. The highest BCUT2D eigenvalue weighted by Gasteiger charge is 2.32. The Hall–Kier alpha value is -3.12. The molecule has 0 saturated carbocycles. The number of carbonyl (C=O) groups is 1. The average Bonchev–Trinajstić information content (AvgIpc) is 2.74. The maximum absolute atomic E-state index is 13.5. The summed E-state index contributed by atoms with van der Waals surface area (Å²) in [5.74, 6) is -0.0516. The van der Waals surface area contributed by atoms with Crippen molar-refractivity contribution in [2.24, 2.45) is 0 Å². The highest BCUT2D eigenvalue weighted by Crippen LogP contribution is 2.30. The van der Waals surface area contributed by atoms with E-state index in [1.165, 1.54) is 12.1 Å². The van der Waals surface area contributed by atoms with E-state index in [0.717, 1.165) is 32.1 Å². The Morgan fingerprint density at radius 1 is 0.774 bits per heavy atom. The van der Waals surface area contributed by atoms with Crippen molar-refractivity contribution in [3.63, 3.8) is 0 Å². The van der Waals surface area contributed by atoms with Gasteiger partial charge in [0.15, 0.2) is 6.61 Å². The van der Waals surface area contributed by atoms with E-state index < -0.39 is 22.5 Å². The van der Waals surface area contributed by atoms with Crippen molar-refractivity contribution in [3.05, 3.63) is 88.5 Å². The Labute approximate surface area is 184 Å². The smallest absolute Gasteiger partial charge is 0.278 e. The highest BCUT2D eigenvalue weighted by molar-refractivity contribution is 7.93. The highest BCUT2D eigenvalue weighted by atomic mass is 32.2. The average molecular weight is 438 g/mol. The fourth-order valence-corrected chi connectivity index (χ4v) is 4.88. The second-order valence-electron chi connectivity index (χ2n) is 7.64. The third-order valence-electron chi connectivity index (χ3n) is 5.52. The van der Waals surface area contributed by atoms with E-state index in [-0.39, 0.29) is 4.90 Å². The molecule has 0 fully saturated rings. The molecule has 5 nitrogen and oxygen atoms in total. The van der Waals surface area contributed by atoms with Crippen LogP contribution in [-0.4, -0.2) is 20.9 Å². The molecule has 1 amide bonds. The van der Waals surface area contributed by atoms with E-state index in [4.69, 9.17) is 4.74 Å².